The highest BCUT2D eigenvalue weighted by Gasteiger charge is 2.34. The third kappa shape index (κ3) is 1.25. The van der Waals surface area contributed by atoms with E-state index in [2.05, 4.69) is 11.4 Å². The molecule has 0 radical (unpaired) electrons. The molecule has 1 N–H and O–H groups in total. The van der Waals surface area contributed by atoms with Crippen molar-refractivity contribution in [3.63, 3.8) is 0 Å². The Balaban J connectivity index is 1.99. The Morgan fingerprint density at radius 2 is 2.09 bits per heavy atom. The van der Waals surface area contributed by atoms with E-state index < -0.39 is 0 Å². The zero-order valence-corrected chi connectivity index (χ0v) is 6.71. The minimum atomic E-state index is 0.156. The van der Waals surface area contributed by atoms with Crippen LogP contribution in [0.25, 0.3) is 0 Å². The summed E-state index contributed by atoms with van der Waals surface area (Å²) in [6.45, 7) is 0. The molecular weight excluding hydrogens is 136 g/mol. The molecule has 1 aliphatic carbocycles. The van der Waals surface area contributed by atoms with Gasteiger partial charge >= 0.3 is 0 Å². The molecule has 0 aromatic carbocycles. The van der Waals surface area contributed by atoms with Crippen LogP contribution < -0.4 is 5.32 Å². The second-order valence-electron chi connectivity index (χ2n) is 3.74. The minimum absolute atomic E-state index is 0.156. The van der Waals surface area contributed by atoms with E-state index >= 15 is 0 Å². The fourth-order valence-corrected chi connectivity index (χ4v) is 2.43. The molecule has 1 heterocycles. The number of nitrogens with one attached hydrogen (secondary N) is 1. The van der Waals surface area contributed by atoms with Gasteiger partial charge < -0.3 is 0 Å². The van der Waals surface area contributed by atoms with Crippen LogP contribution in [0.5, 0.6) is 0 Å². The number of hydrogen-bond acceptors (Lipinski definition) is 2. The van der Waals surface area contributed by atoms with Gasteiger partial charge in [0.2, 0.25) is 0 Å². The van der Waals surface area contributed by atoms with Gasteiger partial charge in [-0.25, -0.2) is 0 Å². The molecule has 2 aliphatic rings. The van der Waals surface area contributed by atoms with E-state index in [1.54, 1.807) is 0 Å². The summed E-state index contributed by atoms with van der Waals surface area (Å²) in [5.41, 5.74) is 0. The molecule has 2 rings (SSSR count). The van der Waals surface area contributed by atoms with Crippen molar-refractivity contribution in [2.24, 2.45) is 5.92 Å². The third-order valence-electron chi connectivity index (χ3n) is 3.02. The van der Waals surface area contributed by atoms with Gasteiger partial charge in [-0.3, -0.25) is 5.32 Å². The van der Waals surface area contributed by atoms with Gasteiger partial charge in [-0.15, -0.1) is 0 Å². The van der Waals surface area contributed by atoms with E-state index in [1.165, 1.54) is 25.7 Å². The molecule has 0 amide bonds. The van der Waals surface area contributed by atoms with Gasteiger partial charge in [0.1, 0.15) is 0 Å². The molecule has 0 aromatic rings. The molecular formula is C9H14N2. The smallest absolute Gasteiger partial charge is 0.0958 e. The lowest BCUT2D eigenvalue weighted by Crippen LogP contribution is -2.32. The average molecular weight is 150 g/mol. The molecule has 0 bridgehead atoms. The minimum Gasteiger partial charge on any atom is -0.299 e. The largest absolute Gasteiger partial charge is 0.299 e. The number of nitrogens with zero attached hydrogens (tertiary/aromatic N) is 1. The molecule has 3 atom stereocenters. The Hall–Kier alpha value is -0.550. The van der Waals surface area contributed by atoms with E-state index in [-0.39, 0.29) is 6.04 Å². The van der Waals surface area contributed by atoms with Gasteiger partial charge in [0.15, 0.2) is 0 Å². The van der Waals surface area contributed by atoms with Crippen molar-refractivity contribution in [2.75, 3.05) is 0 Å². The first-order chi connectivity index (χ1) is 5.40. The summed E-state index contributed by atoms with van der Waals surface area (Å²) in [6.07, 6.45) is 6.47. The van der Waals surface area contributed by atoms with Crippen LogP contribution in [0.4, 0.5) is 0 Å². The first-order valence-corrected chi connectivity index (χ1v) is 4.56. The molecule has 1 aliphatic heterocycles. The fourth-order valence-electron chi connectivity index (χ4n) is 2.43. The molecule has 2 nitrogen and oxygen atoms in total. The van der Waals surface area contributed by atoms with Gasteiger partial charge in [0.05, 0.1) is 12.1 Å². The average Bonchev–Trinajstić information content (AvgIpc) is 2.46. The van der Waals surface area contributed by atoms with E-state index in [0.717, 1.165) is 12.3 Å². The summed E-state index contributed by atoms with van der Waals surface area (Å²) in [5.74, 6) is 0.813. The van der Waals surface area contributed by atoms with Crippen LogP contribution in [-0.2, 0) is 0 Å². The summed E-state index contributed by atoms with van der Waals surface area (Å²) in [6, 6.07) is 3.14. The summed E-state index contributed by atoms with van der Waals surface area (Å²) >= 11 is 0. The molecule has 1 saturated heterocycles. The summed E-state index contributed by atoms with van der Waals surface area (Å²) in [4.78, 5) is 0. The van der Waals surface area contributed by atoms with Crippen molar-refractivity contribution in [1.82, 2.24) is 5.32 Å². The Kier molecular flexibility index (Phi) is 1.83. The maximum absolute atomic E-state index is 8.70. The number of rotatable bonds is 0. The predicted octanol–water partition coefficient (Wildman–Crippen LogP) is 1.43. The second-order valence-corrected chi connectivity index (χ2v) is 3.74. The Labute approximate surface area is 67.6 Å². The lowest BCUT2D eigenvalue weighted by Gasteiger charge is -2.23. The third-order valence-corrected chi connectivity index (χ3v) is 3.02. The van der Waals surface area contributed by atoms with Crippen LogP contribution in [0.1, 0.15) is 32.1 Å². The van der Waals surface area contributed by atoms with Gasteiger partial charge in [-0.2, -0.15) is 5.26 Å². The van der Waals surface area contributed by atoms with Crippen molar-refractivity contribution in [2.45, 2.75) is 44.2 Å². The lowest BCUT2D eigenvalue weighted by molar-refractivity contribution is 0.326. The summed E-state index contributed by atoms with van der Waals surface area (Å²) < 4.78 is 0. The van der Waals surface area contributed by atoms with Crippen molar-refractivity contribution in [3.05, 3.63) is 0 Å². The molecule has 2 fully saturated rings. The Bertz CT molecular complexity index is 168. The van der Waals surface area contributed by atoms with Crippen LogP contribution in [-0.4, -0.2) is 12.1 Å². The quantitative estimate of drug-likeness (QED) is 0.567. The van der Waals surface area contributed by atoms with E-state index in [1.807, 2.05) is 0 Å². The van der Waals surface area contributed by atoms with Gasteiger partial charge in [0, 0.05) is 6.04 Å². The number of nitriles is 1. The number of hydrogen-bond donors (Lipinski definition) is 1. The van der Waals surface area contributed by atoms with Crippen molar-refractivity contribution in [3.8, 4) is 6.07 Å². The molecule has 1 unspecified atom stereocenters. The molecule has 11 heavy (non-hydrogen) atoms. The van der Waals surface area contributed by atoms with E-state index in [4.69, 9.17) is 5.26 Å². The first-order valence-electron chi connectivity index (χ1n) is 4.56. The van der Waals surface area contributed by atoms with Crippen molar-refractivity contribution in [1.29, 1.82) is 5.26 Å². The number of fused-ring (bicyclic) bond motifs is 1. The first kappa shape index (κ1) is 7.12. The highest BCUT2D eigenvalue weighted by molar-refractivity contribution is 5.02. The SMILES string of the molecule is N#CC1C[C@H]2CCCC[C@@H]2N1. The standard InChI is InChI=1S/C9H14N2/c10-6-8-5-7-3-1-2-4-9(7)11-8/h7-9,11H,1-5H2/t7-,8?,9+/m1/s1. The topological polar surface area (TPSA) is 35.8 Å². The molecule has 0 spiro atoms. The van der Waals surface area contributed by atoms with Crippen LogP contribution in [0.15, 0.2) is 0 Å². The lowest BCUT2D eigenvalue weighted by atomic mass is 9.85. The van der Waals surface area contributed by atoms with E-state index in [9.17, 15) is 0 Å². The van der Waals surface area contributed by atoms with Gasteiger partial charge in [0.25, 0.3) is 0 Å². The molecule has 1 saturated carbocycles. The van der Waals surface area contributed by atoms with Crippen LogP contribution in [0.2, 0.25) is 0 Å². The van der Waals surface area contributed by atoms with E-state index in [0.29, 0.717) is 6.04 Å². The van der Waals surface area contributed by atoms with Gasteiger partial charge in [-0.1, -0.05) is 12.8 Å². The zero-order valence-electron chi connectivity index (χ0n) is 6.71. The monoisotopic (exact) mass is 150 g/mol. The Morgan fingerprint density at radius 3 is 2.82 bits per heavy atom. The van der Waals surface area contributed by atoms with Crippen molar-refractivity contribution < 1.29 is 0 Å². The highest BCUT2D eigenvalue weighted by atomic mass is 15.0. The highest BCUT2D eigenvalue weighted by Crippen LogP contribution is 2.32. The predicted molar refractivity (Wildman–Crippen MR) is 42.9 cm³/mol. The van der Waals surface area contributed by atoms with Crippen LogP contribution >= 0.6 is 0 Å². The maximum Gasteiger partial charge on any atom is 0.0958 e. The fraction of sp³-hybridized carbons (Fsp3) is 0.889. The second kappa shape index (κ2) is 2.83. The van der Waals surface area contributed by atoms with Crippen LogP contribution in [0, 0.1) is 17.2 Å². The van der Waals surface area contributed by atoms with Gasteiger partial charge in [-0.05, 0) is 25.2 Å². The summed E-state index contributed by atoms with van der Waals surface area (Å²) in [5, 5.41) is 12.1. The molecule has 60 valence electrons. The molecule has 2 heteroatoms. The Morgan fingerprint density at radius 1 is 1.27 bits per heavy atom. The molecule has 0 aromatic heterocycles. The maximum atomic E-state index is 8.70. The van der Waals surface area contributed by atoms with Crippen molar-refractivity contribution >= 4 is 0 Å². The summed E-state index contributed by atoms with van der Waals surface area (Å²) in [7, 11) is 0. The normalized spacial score (nSPS) is 43.0. The van der Waals surface area contributed by atoms with Crippen LogP contribution in [0.3, 0.4) is 0 Å². The zero-order chi connectivity index (χ0) is 7.68.